The minimum Gasteiger partial charge on any atom is -0.460 e. The molecule has 1 atom stereocenters. The molecule has 0 aromatic heterocycles. The average molecular weight is 300 g/mol. The van der Waals surface area contributed by atoms with Gasteiger partial charge >= 0.3 is 5.97 Å². The van der Waals surface area contributed by atoms with Crippen molar-refractivity contribution in [2.75, 3.05) is 6.54 Å². The number of rotatable bonds is 6. The van der Waals surface area contributed by atoms with Gasteiger partial charge in [0.2, 0.25) is 0 Å². The fraction of sp³-hybridized carbons (Fsp3) is 0.462. The Hall–Kier alpha value is -0.870. The first kappa shape index (κ1) is 14.2. The largest absolute Gasteiger partial charge is 0.460 e. The molecule has 0 heterocycles. The van der Waals surface area contributed by atoms with Crippen LogP contribution in [0.15, 0.2) is 28.7 Å². The summed E-state index contributed by atoms with van der Waals surface area (Å²) >= 11 is 3.41. The number of carbonyl (C=O) groups excluding carboxylic acids is 1. The highest BCUT2D eigenvalue weighted by atomic mass is 79.9. The molecule has 1 unspecified atom stereocenters. The van der Waals surface area contributed by atoms with Crippen LogP contribution in [0, 0.1) is 0 Å². The second kappa shape index (κ2) is 7.45. The summed E-state index contributed by atoms with van der Waals surface area (Å²) in [5.41, 5.74) is 0.976. The maximum absolute atomic E-state index is 11.4. The molecule has 94 valence electrons. The van der Waals surface area contributed by atoms with Crippen LogP contribution in [0.5, 0.6) is 0 Å². The zero-order chi connectivity index (χ0) is 12.7. The first-order chi connectivity index (χ1) is 8.13. The van der Waals surface area contributed by atoms with E-state index < -0.39 is 0 Å². The third-order valence-corrected chi connectivity index (χ3v) is 3.33. The molecule has 0 bridgehead atoms. The summed E-state index contributed by atoms with van der Waals surface area (Å²) in [7, 11) is 0. The van der Waals surface area contributed by atoms with Crippen molar-refractivity contribution >= 4 is 21.9 Å². The highest BCUT2D eigenvalue weighted by Gasteiger charge is 2.06. The monoisotopic (exact) mass is 299 g/mol. The lowest BCUT2D eigenvalue weighted by Gasteiger charge is -2.11. The van der Waals surface area contributed by atoms with Gasteiger partial charge in [-0.3, -0.25) is 4.79 Å². The molecule has 0 fully saturated rings. The highest BCUT2D eigenvalue weighted by molar-refractivity contribution is 9.10. The first-order valence-corrected chi connectivity index (χ1v) is 6.55. The van der Waals surface area contributed by atoms with Crippen molar-refractivity contribution in [1.82, 2.24) is 5.32 Å². The van der Waals surface area contributed by atoms with Crippen molar-refractivity contribution < 1.29 is 9.53 Å². The van der Waals surface area contributed by atoms with Crippen LogP contribution in [0.2, 0.25) is 0 Å². The second-order valence-electron chi connectivity index (χ2n) is 3.94. The molecule has 0 spiro atoms. The van der Waals surface area contributed by atoms with Gasteiger partial charge in [-0.05, 0) is 19.4 Å². The number of hydrogen-bond acceptors (Lipinski definition) is 3. The zero-order valence-corrected chi connectivity index (χ0v) is 11.8. The average Bonchev–Trinajstić information content (AvgIpc) is 2.35. The molecule has 0 amide bonds. The summed E-state index contributed by atoms with van der Waals surface area (Å²) in [6.07, 6.45) is 0.998. The number of esters is 1. The number of nitrogens with one attached hydrogen (secondary N) is 1. The second-order valence-corrected chi connectivity index (χ2v) is 4.80. The van der Waals surface area contributed by atoms with E-state index in [1.54, 1.807) is 0 Å². The Morgan fingerprint density at radius 3 is 2.82 bits per heavy atom. The molecule has 0 aliphatic heterocycles. The minimum absolute atomic E-state index is 0.221. The third-order valence-electron chi connectivity index (χ3n) is 2.55. The van der Waals surface area contributed by atoms with Gasteiger partial charge in [-0.25, -0.2) is 0 Å². The molecule has 0 aliphatic carbocycles. The van der Waals surface area contributed by atoms with Crippen LogP contribution >= 0.6 is 15.9 Å². The van der Waals surface area contributed by atoms with Gasteiger partial charge in [0.05, 0.1) is 6.54 Å². The quantitative estimate of drug-likeness (QED) is 0.821. The molecule has 3 nitrogen and oxygen atoms in total. The minimum atomic E-state index is -0.221. The van der Waals surface area contributed by atoms with Crippen LogP contribution in [0.25, 0.3) is 0 Å². The fourth-order valence-electron chi connectivity index (χ4n) is 1.23. The van der Waals surface area contributed by atoms with E-state index in [2.05, 4.69) is 28.2 Å². The van der Waals surface area contributed by atoms with Crippen LogP contribution in [0.3, 0.4) is 0 Å². The van der Waals surface area contributed by atoms with E-state index in [0.29, 0.717) is 12.6 Å². The van der Waals surface area contributed by atoms with Gasteiger partial charge < -0.3 is 10.1 Å². The lowest BCUT2D eigenvalue weighted by molar-refractivity contribution is -0.144. The molecule has 0 saturated carbocycles. The van der Waals surface area contributed by atoms with Crippen molar-refractivity contribution in [1.29, 1.82) is 0 Å². The molecular formula is C13H18BrNO2. The van der Waals surface area contributed by atoms with Gasteiger partial charge in [-0.2, -0.15) is 0 Å². The van der Waals surface area contributed by atoms with Crippen molar-refractivity contribution in [2.45, 2.75) is 32.9 Å². The highest BCUT2D eigenvalue weighted by Crippen LogP contribution is 2.16. The number of benzene rings is 1. The van der Waals surface area contributed by atoms with Gasteiger partial charge in [-0.1, -0.05) is 41.1 Å². The lowest BCUT2D eigenvalue weighted by Crippen LogP contribution is -2.31. The fourth-order valence-corrected chi connectivity index (χ4v) is 1.63. The Morgan fingerprint density at radius 2 is 2.18 bits per heavy atom. The molecular weight excluding hydrogens is 282 g/mol. The molecule has 1 rings (SSSR count). The summed E-state index contributed by atoms with van der Waals surface area (Å²) in [4.78, 5) is 11.4. The Kier molecular flexibility index (Phi) is 6.22. The van der Waals surface area contributed by atoms with Crippen LogP contribution in [0.4, 0.5) is 0 Å². The van der Waals surface area contributed by atoms with Gasteiger partial charge in [0, 0.05) is 16.1 Å². The number of hydrogen-bond donors (Lipinski definition) is 1. The van der Waals surface area contributed by atoms with Gasteiger partial charge in [0.25, 0.3) is 0 Å². The van der Waals surface area contributed by atoms with Gasteiger partial charge in [0.1, 0.15) is 6.61 Å². The molecule has 1 aromatic rings. The van der Waals surface area contributed by atoms with E-state index in [-0.39, 0.29) is 12.5 Å². The van der Waals surface area contributed by atoms with E-state index >= 15 is 0 Å². The van der Waals surface area contributed by atoms with E-state index in [9.17, 15) is 4.79 Å². The zero-order valence-electron chi connectivity index (χ0n) is 10.2. The summed E-state index contributed by atoms with van der Waals surface area (Å²) < 4.78 is 6.13. The molecule has 0 saturated heterocycles. The summed E-state index contributed by atoms with van der Waals surface area (Å²) in [5, 5.41) is 3.10. The maximum Gasteiger partial charge on any atom is 0.320 e. The molecule has 1 N–H and O–H groups in total. The summed E-state index contributed by atoms with van der Waals surface area (Å²) in [6.45, 7) is 4.69. The predicted octanol–water partition coefficient (Wildman–Crippen LogP) is 2.88. The van der Waals surface area contributed by atoms with Crippen LogP contribution in [-0.2, 0) is 16.1 Å². The lowest BCUT2D eigenvalue weighted by atomic mass is 10.2. The Labute approximate surface area is 111 Å². The Balaban J connectivity index is 2.31. The maximum atomic E-state index is 11.4. The van der Waals surface area contributed by atoms with Crippen LogP contribution in [-0.4, -0.2) is 18.6 Å². The summed E-state index contributed by atoms with van der Waals surface area (Å²) in [6, 6.07) is 8.05. The molecule has 0 aliphatic rings. The normalized spacial score (nSPS) is 12.2. The van der Waals surface area contributed by atoms with Gasteiger partial charge in [0.15, 0.2) is 0 Å². The number of carbonyl (C=O) groups is 1. The molecule has 17 heavy (non-hydrogen) atoms. The van der Waals surface area contributed by atoms with Crippen LogP contribution < -0.4 is 5.32 Å². The van der Waals surface area contributed by atoms with Gasteiger partial charge in [-0.15, -0.1) is 0 Å². The molecule has 1 aromatic carbocycles. The number of halogens is 1. The van der Waals surface area contributed by atoms with Crippen molar-refractivity contribution in [2.24, 2.45) is 0 Å². The van der Waals surface area contributed by atoms with E-state index in [0.717, 1.165) is 16.5 Å². The Bertz CT molecular complexity index is 368. The molecule has 0 radical (unpaired) electrons. The van der Waals surface area contributed by atoms with E-state index in [1.807, 2.05) is 31.2 Å². The Morgan fingerprint density at radius 1 is 1.47 bits per heavy atom. The standard InChI is InChI=1S/C13H18BrNO2/c1-3-10(2)15-8-13(16)17-9-11-6-4-5-7-12(11)14/h4-7,10,15H,3,8-9H2,1-2H3. The van der Waals surface area contributed by atoms with E-state index in [4.69, 9.17) is 4.74 Å². The van der Waals surface area contributed by atoms with Crippen molar-refractivity contribution in [3.8, 4) is 0 Å². The topological polar surface area (TPSA) is 38.3 Å². The smallest absolute Gasteiger partial charge is 0.320 e. The van der Waals surface area contributed by atoms with E-state index in [1.165, 1.54) is 0 Å². The summed E-state index contributed by atoms with van der Waals surface area (Å²) in [5.74, 6) is -0.221. The van der Waals surface area contributed by atoms with Crippen LogP contribution in [0.1, 0.15) is 25.8 Å². The molecule has 4 heteroatoms. The van der Waals surface area contributed by atoms with Crippen molar-refractivity contribution in [3.05, 3.63) is 34.3 Å². The van der Waals surface area contributed by atoms with Crippen molar-refractivity contribution in [3.63, 3.8) is 0 Å². The predicted molar refractivity (Wildman–Crippen MR) is 71.7 cm³/mol. The SMILES string of the molecule is CCC(C)NCC(=O)OCc1ccccc1Br. The first-order valence-electron chi connectivity index (χ1n) is 5.76. The third kappa shape index (κ3) is 5.33. The number of ether oxygens (including phenoxy) is 1.